The van der Waals surface area contributed by atoms with Crippen LogP contribution in [0.2, 0.25) is 0 Å². The van der Waals surface area contributed by atoms with Crippen LogP contribution in [0.3, 0.4) is 0 Å². The standard InChI is InChI=1S/C14H31N/c1-5-7-9-10-12-14(3,4)15-13-11-8-6-2/h15H,5-13H2,1-4H3. The zero-order valence-electron chi connectivity index (χ0n) is 11.4. The van der Waals surface area contributed by atoms with Gasteiger partial charge in [0.05, 0.1) is 0 Å². The van der Waals surface area contributed by atoms with Gasteiger partial charge in [-0.3, -0.25) is 0 Å². The molecule has 0 aromatic carbocycles. The van der Waals surface area contributed by atoms with Crippen LogP contribution < -0.4 is 5.32 Å². The van der Waals surface area contributed by atoms with E-state index in [1.807, 2.05) is 0 Å². The van der Waals surface area contributed by atoms with Crippen LogP contribution >= 0.6 is 0 Å². The predicted molar refractivity (Wildman–Crippen MR) is 70.4 cm³/mol. The average molecular weight is 213 g/mol. The van der Waals surface area contributed by atoms with Crippen molar-refractivity contribution in [3.8, 4) is 0 Å². The van der Waals surface area contributed by atoms with Crippen LogP contribution in [0.4, 0.5) is 0 Å². The monoisotopic (exact) mass is 213 g/mol. The Balaban J connectivity index is 3.40. The maximum atomic E-state index is 3.67. The molecule has 0 bridgehead atoms. The highest BCUT2D eigenvalue weighted by molar-refractivity contribution is 4.76. The van der Waals surface area contributed by atoms with E-state index in [1.165, 1.54) is 57.9 Å². The third kappa shape index (κ3) is 10.2. The predicted octanol–water partition coefficient (Wildman–Crippen LogP) is 4.52. The molecule has 0 unspecified atom stereocenters. The molecule has 1 heteroatoms. The molecule has 0 rings (SSSR count). The molecular weight excluding hydrogens is 182 g/mol. The van der Waals surface area contributed by atoms with Crippen LogP contribution in [0.1, 0.15) is 79.1 Å². The molecule has 1 nitrogen and oxygen atoms in total. The molecule has 1 N–H and O–H groups in total. The minimum Gasteiger partial charge on any atom is -0.312 e. The molecule has 0 radical (unpaired) electrons. The molecule has 0 fully saturated rings. The Hall–Kier alpha value is -0.0400. The van der Waals surface area contributed by atoms with Crippen molar-refractivity contribution in [3.05, 3.63) is 0 Å². The van der Waals surface area contributed by atoms with Crippen molar-refractivity contribution >= 4 is 0 Å². The number of rotatable bonds is 10. The second-order valence-corrected chi connectivity index (χ2v) is 5.33. The molecule has 0 heterocycles. The minimum absolute atomic E-state index is 0.349. The molecule has 0 aromatic heterocycles. The lowest BCUT2D eigenvalue weighted by Crippen LogP contribution is -2.39. The van der Waals surface area contributed by atoms with Gasteiger partial charge in [0, 0.05) is 5.54 Å². The van der Waals surface area contributed by atoms with Crippen molar-refractivity contribution in [1.82, 2.24) is 5.32 Å². The van der Waals surface area contributed by atoms with Crippen LogP contribution in [0, 0.1) is 0 Å². The van der Waals surface area contributed by atoms with Gasteiger partial charge >= 0.3 is 0 Å². The first kappa shape index (κ1) is 15.0. The van der Waals surface area contributed by atoms with Crippen molar-refractivity contribution in [2.45, 2.75) is 84.6 Å². The van der Waals surface area contributed by atoms with Gasteiger partial charge in [-0.2, -0.15) is 0 Å². The van der Waals surface area contributed by atoms with Gasteiger partial charge in [-0.1, -0.05) is 52.4 Å². The van der Waals surface area contributed by atoms with Crippen LogP contribution in [-0.4, -0.2) is 12.1 Å². The first-order valence-electron chi connectivity index (χ1n) is 6.87. The summed E-state index contributed by atoms with van der Waals surface area (Å²) in [5.41, 5.74) is 0.349. The van der Waals surface area contributed by atoms with Crippen molar-refractivity contribution in [2.75, 3.05) is 6.54 Å². The normalized spacial score (nSPS) is 12.0. The highest BCUT2D eigenvalue weighted by Crippen LogP contribution is 2.14. The van der Waals surface area contributed by atoms with Crippen LogP contribution in [-0.2, 0) is 0 Å². The van der Waals surface area contributed by atoms with Crippen LogP contribution in [0.5, 0.6) is 0 Å². The Bertz CT molecular complexity index is 115. The van der Waals surface area contributed by atoms with Crippen molar-refractivity contribution in [3.63, 3.8) is 0 Å². The van der Waals surface area contributed by atoms with Gasteiger partial charge in [0.1, 0.15) is 0 Å². The quantitative estimate of drug-likeness (QED) is 0.526. The summed E-state index contributed by atoms with van der Waals surface area (Å²) >= 11 is 0. The summed E-state index contributed by atoms with van der Waals surface area (Å²) in [5.74, 6) is 0. The zero-order chi connectivity index (χ0) is 11.6. The third-order valence-corrected chi connectivity index (χ3v) is 3.04. The molecule has 92 valence electrons. The second kappa shape index (κ2) is 9.21. The van der Waals surface area contributed by atoms with Gasteiger partial charge in [0.25, 0.3) is 0 Å². The fraction of sp³-hybridized carbons (Fsp3) is 1.00. The van der Waals surface area contributed by atoms with Crippen molar-refractivity contribution in [2.24, 2.45) is 0 Å². The average Bonchev–Trinajstić information content (AvgIpc) is 2.20. The zero-order valence-corrected chi connectivity index (χ0v) is 11.4. The summed E-state index contributed by atoms with van der Waals surface area (Å²) in [6.07, 6.45) is 10.8. The van der Waals surface area contributed by atoms with E-state index in [2.05, 4.69) is 33.0 Å². The molecule has 0 saturated carbocycles. The van der Waals surface area contributed by atoms with Crippen molar-refractivity contribution in [1.29, 1.82) is 0 Å². The van der Waals surface area contributed by atoms with E-state index in [4.69, 9.17) is 0 Å². The molecule has 0 atom stereocenters. The molecule has 0 aliphatic carbocycles. The lowest BCUT2D eigenvalue weighted by atomic mass is 9.96. The van der Waals surface area contributed by atoms with Gasteiger partial charge in [0.15, 0.2) is 0 Å². The van der Waals surface area contributed by atoms with Crippen LogP contribution in [0.25, 0.3) is 0 Å². The minimum atomic E-state index is 0.349. The maximum Gasteiger partial charge on any atom is 0.0125 e. The van der Waals surface area contributed by atoms with Gasteiger partial charge in [0.2, 0.25) is 0 Å². The first-order chi connectivity index (χ1) is 7.12. The largest absolute Gasteiger partial charge is 0.312 e. The lowest BCUT2D eigenvalue weighted by Gasteiger charge is -2.26. The number of unbranched alkanes of at least 4 members (excludes halogenated alkanes) is 5. The first-order valence-corrected chi connectivity index (χ1v) is 6.87. The molecule has 0 saturated heterocycles. The summed E-state index contributed by atoms with van der Waals surface area (Å²) < 4.78 is 0. The van der Waals surface area contributed by atoms with E-state index in [0.717, 1.165) is 0 Å². The SMILES string of the molecule is CCCCCCC(C)(C)NCCCCC. The lowest BCUT2D eigenvalue weighted by molar-refractivity contribution is 0.344. The Morgan fingerprint density at radius 1 is 0.800 bits per heavy atom. The molecule has 0 amide bonds. The van der Waals surface area contributed by atoms with E-state index >= 15 is 0 Å². The van der Waals surface area contributed by atoms with Crippen molar-refractivity contribution < 1.29 is 0 Å². The van der Waals surface area contributed by atoms with Gasteiger partial charge < -0.3 is 5.32 Å². The fourth-order valence-electron chi connectivity index (χ4n) is 1.88. The molecule has 0 aromatic rings. The highest BCUT2D eigenvalue weighted by Gasteiger charge is 2.15. The van der Waals surface area contributed by atoms with Crippen LogP contribution in [0.15, 0.2) is 0 Å². The highest BCUT2D eigenvalue weighted by atomic mass is 14.9. The van der Waals surface area contributed by atoms with Gasteiger partial charge in [-0.15, -0.1) is 0 Å². The number of hydrogen-bond acceptors (Lipinski definition) is 1. The van der Waals surface area contributed by atoms with Gasteiger partial charge in [-0.05, 0) is 33.2 Å². The summed E-state index contributed by atoms with van der Waals surface area (Å²) in [4.78, 5) is 0. The Morgan fingerprint density at radius 3 is 2.00 bits per heavy atom. The Labute approximate surface area is 97.0 Å². The summed E-state index contributed by atoms with van der Waals surface area (Å²) in [5, 5.41) is 3.67. The van der Waals surface area contributed by atoms with E-state index < -0.39 is 0 Å². The summed E-state index contributed by atoms with van der Waals surface area (Å²) in [6, 6.07) is 0. The molecule has 15 heavy (non-hydrogen) atoms. The molecule has 0 spiro atoms. The molecule has 0 aliphatic heterocycles. The number of hydrogen-bond donors (Lipinski definition) is 1. The fourth-order valence-corrected chi connectivity index (χ4v) is 1.88. The smallest absolute Gasteiger partial charge is 0.0125 e. The number of nitrogens with one attached hydrogen (secondary N) is 1. The molecular formula is C14H31N. The molecule has 0 aliphatic rings. The van der Waals surface area contributed by atoms with E-state index in [1.54, 1.807) is 0 Å². The maximum absolute atomic E-state index is 3.67. The third-order valence-electron chi connectivity index (χ3n) is 3.04. The van der Waals surface area contributed by atoms with Gasteiger partial charge in [-0.25, -0.2) is 0 Å². The topological polar surface area (TPSA) is 12.0 Å². The van der Waals surface area contributed by atoms with E-state index in [9.17, 15) is 0 Å². The van der Waals surface area contributed by atoms with E-state index in [0.29, 0.717) is 5.54 Å². The summed E-state index contributed by atoms with van der Waals surface area (Å²) in [6.45, 7) is 10.4. The Morgan fingerprint density at radius 2 is 1.40 bits per heavy atom. The second-order valence-electron chi connectivity index (χ2n) is 5.33. The Kier molecular flexibility index (Phi) is 9.18. The summed E-state index contributed by atoms with van der Waals surface area (Å²) in [7, 11) is 0. The van der Waals surface area contributed by atoms with E-state index in [-0.39, 0.29) is 0 Å².